The third kappa shape index (κ3) is 3.08. The number of hydrogen-bond donors (Lipinski definition) is 1. The molecule has 0 aliphatic carbocycles. The Hall–Kier alpha value is -0.960. The summed E-state index contributed by atoms with van der Waals surface area (Å²) >= 11 is 8.03. The molecule has 18 heavy (non-hydrogen) atoms. The van der Waals surface area contributed by atoms with Crippen LogP contribution in [-0.2, 0) is 6.54 Å². The van der Waals surface area contributed by atoms with Gasteiger partial charge in [0.25, 0.3) is 0 Å². The van der Waals surface area contributed by atoms with Crippen molar-refractivity contribution in [2.75, 3.05) is 7.05 Å². The van der Waals surface area contributed by atoms with Crippen molar-refractivity contribution in [1.82, 2.24) is 5.32 Å². The van der Waals surface area contributed by atoms with Crippen molar-refractivity contribution in [3.8, 4) is 0 Å². The van der Waals surface area contributed by atoms with Crippen molar-refractivity contribution in [3.63, 3.8) is 0 Å². The van der Waals surface area contributed by atoms with Gasteiger partial charge in [0, 0.05) is 21.4 Å². The van der Waals surface area contributed by atoms with Crippen LogP contribution in [0.1, 0.15) is 11.1 Å². The van der Waals surface area contributed by atoms with Gasteiger partial charge >= 0.3 is 0 Å². The second kappa shape index (κ2) is 6.28. The Bertz CT molecular complexity index is 540. The minimum absolute atomic E-state index is 0.786. The maximum absolute atomic E-state index is 6.26. The largest absolute Gasteiger partial charge is 0.316 e. The van der Waals surface area contributed by atoms with Gasteiger partial charge in [-0.2, -0.15) is 0 Å². The molecule has 94 valence electrons. The van der Waals surface area contributed by atoms with E-state index < -0.39 is 0 Å². The van der Waals surface area contributed by atoms with Crippen LogP contribution >= 0.6 is 23.4 Å². The van der Waals surface area contributed by atoms with Crippen LogP contribution in [0.15, 0.2) is 52.3 Å². The summed E-state index contributed by atoms with van der Waals surface area (Å²) in [6.07, 6.45) is 0. The van der Waals surface area contributed by atoms with Gasteiger partial charge in [0.15, 0.2) is 0 Å². The van der Waals surface area contributed by atoms with Crippen LogP contribution in [0.25, 0.3) is 0 Å². The van der Waals surface area contributed by atoms with E-state index in [1.807, 2.05) is 19.2 Å². The highest BCUT2D eigenvalue weighted by atomic mass is 35.5. The average Bonchev–Trinajstić information content (AvgIpc) is 2.36. The number of halogens is 1. The van der Waals surface area contributed by atoms with E-state index in [0.717, 1.165) is 17.1 Å². The lowest BCUT2D eigenvalue weighted by Crippen LogP contribution is -2.06. The van der Waals surface area contributed by atoms with Gasteiger partial charge in [0.1, 0.15) is 0 Å². The molecular weight excluding hydrogens is 262 g/mol. The molecule has 1 N–H and O–H groups in total. The molecule has 0 spiro atoms. The molecule has 0 bridgehead atoms. The summed E-state index contributed by atoms with van der Waals surface area (Å²) in [6, 6.07) is 14.5. The quantitative estimate of drug-likeness (QED) is 0.882. The Kier molecular flexibility index (Phi) is 4.70. The molecule has 0 heterocycles. The normalized spacial score (nSPS) is 10.6. The number of benzene rings is 2. The molecule has 0 saturated heterocycles. The molecule has 0 saturated carbocycles. The molecule has 0 fully saturated rings. The molecule has 0 amide bonds. The highest BCUT2D eigenvalue weighted by molar-refractivity contribution is 7.99. The van der Waals surface area contributed by atoms with Crippen LogP contribution < -0.4 is 5.32 Å². The van der Waals surface area contributed by atoms with Crippen molar-refractivity contribution < 1.29 is 0 Å². The summed E-state index contributed by atoms with van der Waals surface area (Å²) in [5.41, 5.74) is 2.45. The number of hydrogen-bond acceptors (Lipinski definition) is 2. The summed E-state index contributed by atoms with van der Waals surface area (Å²) < 4.78 is 0. The van der Waals surface area contributed by atoms with E-state index in [0.29, 0.717) is 0 Å². The van der Waals surface area contributed by atoms with Gasteiger partial charge in [0.05, 0.1) is 0 Å². The third-order valence-corrected chi connectivity index (χ3v) is 4.38. The maximum Gasteiger partial charge on any atom is 0.0462 e. The predicted octanol–water partition coefficient (Wildman–Crippen LogP) is 4.52. The minimum Gasteiger partial charge on any atom is -0.316 e. The summed E-state index contributed by atoms with van der Waals surface area (Å²) in [4.78, 5) is 2.49. The number of nitrogens with one attached hydrogen (secondary N) is 1. The van der Waals surface area contributed by atoms with Crippen LogP contribution in [-0.4, -0.2) is 7.05 Å². The van der Waals surface area contributed by atoms with Gasteiger partial charge in [-0.05, 0) is 43.3 Å². The van der Waals surface area contributed by atoms with E-state index >= 15 is 0 Å². The highest BCUT2D eigenvalue weighted by Crippen LogP contribution is 2.35. The first-order chi connectivity index (χ1) is 8.72. The van der Waals surface area contributed by atoms with Gasteiger partial charge in [-0.1, -0.05) is 47.6 Å². The third-order valence-electron chi connectivity index (χ3n) is 2.74. The molecule has 0 aliphatic rings. The fourth-order valence-corrected chi connectivity index (χ4v) is 3.13. The lowest BCUT2D eigenvalue weighted by Gasteiger charge is -2.12. The van der Waals surface area contributed by atoms with E-state index in [1.54, 1.807) is 11.8 Å². The maximum atomic E-state index is 6.26. The lowest BCUT2D eigenvalue weighted by atomic mass is 10.2. The Balaban J connectivity index is 2.34. The van der Waals surface area contributed by atoms with Crippen molar-refractivity contribution in [2.45, 2.75) is 23.3 Å². The number of rotatable bonds is 4. The smallest absolute Gasteiger partial charge is 0.0462 e. The summed E-state index contributed by atoms with van der Waals surface area (Å²) in [5, 5.41) is 3.99. The first kappa shape index (κ1) is 13.5. The van der Waals surface area contributed by atoms with Crippen LogP contribution in [0.3, 0.4) is 0 Å². The Morgan fingerprint density at radius 3 is 2.50 bits per heavy atom. The van der Waals surface area contributed by atoms with E-state index in [4.69, 9.17) is 11.6 Å². The molecular formula is C15H16ClNS. The molecule has 0 atom stereocenters. The monoisotopic (exact) mass is 277 g/mol. The van der Waals surface area contributed by atoms with E-state index in [-0.39, 0.29) is 0 Å². The molecule has 2 rings (SSSR count). The fraction of sp³-hybridized carbons (Fsp3) is 0.200. The van der Waals surface area contributed by atoms with Crippen LogP contribution in [0, 0.1) is 6.92 Å². The Labute approximate surface area is 118 Å². The molecule has 0 radical (unpaired) electrons. The predicted molar refractivity (Wildman–Crippen MR) is 79.5 cm³/mol. The topological polar surface area (TPSA) is 12.0 Å². The summed E-state index contributed by atoms with van der Waals surface area (Å²) in [7, 11) is 1.94. The van der Waals surface area contributed by atoms with Gasteiger partial charge < -0.3 is 5.32 Å². The van der Waals surface area contributed by atoms with Crippen molar-refractivity contribution in [2.24, 2.45) is 0 Å². The van der Waals surface area contributed by atoms with Gasteiger partial charge in [-0.15, -0.1) is 0 Å². The molecule has 3 heteroatoms. The van der Waals surface area contributed by atoms with Crippen molar-refractivity contribution in [1.29, 1.82) is 0 Å². The molecule has 2 aromatic carbocycles. The van der Waals surface area contributed by atoms with E-state index in [2.05, 4.69) is 42.6 Å². The van der Waals surface area contributed by atoms with E-state index in [9.17, 15) is 0 Å². The van der Waals surface area contributed by atoms with Crippen LogP contribution in [0.4, 0.5) is 0 Å². The summed E-state index contributed by atoms with van der Waals surface area (Å²) in [6.45, 7) is 2.92. The van der Waals surface area contributed by atoms with Crippen molar-refractivity contribution >= 4 is 23.4 Å². The number of aryl methyl sites for hydroxylation is 1. The standard InChI is InChI=1S/C15H16ClNS/c1-11-6-3-4-8-14(11)18-15-9-5-7-13(16)12(15)10-17-2/h3-9,17H,10H2,1-2H3. The summed E-state index contributed by atoms with van der Waals surface area (Å²) in [5.74, 6) is 0. The SMILES string of the molecule is CNCc1c(Cl)cccc1Sc1ccccc1C. The average molecular weight is 278 g/mol. The molecule has 0 aromatic heterocycles. The van der Waals surface area contributed by atoms with Gasteiger partial charge in [-0.25, -0.2) is 0 Å². The van der Waals surface area contributed by atoms with Crippen LogP contribution in [0.5, 0.6) is 0 Å². The van der Waals surface area contributed by atoms with E-state index in [1.165, 1.54) is 15.4 Å². The Morgan fingerprint density at radius 1 is 1.06 bits per heavy atom. The second-order valence-corrected chi connectivity index (χ2v) is 5.61. The second-order valence-electron chi connectivity index (χ2n) is 4.11. The van der Waals surface area contributed by atoms with Crippen molar-refractivity contribution in [3.05, 3.63) is 58.6 Å². The molecule has 2 aromatic rings. The first-order valence-corrected chi connectivity index (χ1v) is 7.07. The lowest BCUT2D eigenvalue weighted by molar-refractivity contribution is 0.803. The van der Waals surface area contributed by atoms with Gasteiger partial charge in [0.2, 0.25) is 0 Å². The molecule has 1 nitrogen and oxygen atoms in total. The first-order valence-electron chi connectivity index (χ1n) is 5.88. The molecule has 0 unspecified atom stereocenters. The zero-order valence-corrected chi connectivity index (χ0v) is 12.1. The zero-order valence-electron chi connectivity index (χ0n) is 10.5. The van der Waals surface area contributed by atoms with Gasteiger partial charge in [-0.3, -0.25) is 0 Å². The molecule has 0 aliphatic heterocycles. The highest BCUT2D eigenvalue weighted by Gasteiger charge is 2.08. The zero-order chi connectivity index (χ0) is 13.0. The minimum atomic E-state index is 0.786. The fourth-order valence-electron chi connectivity index (χ4n) is 1.77. The van der Waals surface area contributed by atoms with Crippen LogP contribution in [0.2, 0.25) is 5.02 Å². The Morgan fingerprint density at radius 2 is 1.78 bits per heavy atom.